The first kappa shape index (κ1) is 87.9. The van der Waals surface area contributed by atoms with Gasteiger partial charge in [0.05, 0.1) is 81.7 Å². The Kier molecular flexibility index (Phi) is 24.8. The number of aliphatic carboxylic acids is 1. The highest BCUT2D eigenvalue weighted by Crippen LogP contribution is 2.46. The number of Topliss-reactive ketones (excluding diaryl/α,β-unsaturated/α-hetero) is 1. The summed E-state index contributed by atoms with van der Waals surface area (Å²) in [6, 6.07) is 24.9. The van der Waals surface area contributed by atoms with Crippen molar-refractivity contribution in [2.24, 2.45) is 0 Å². The van der Waals surface area contributed by atoms with Crippen molar-refractivity contribution in [2.45, 2.75) is 98.0 Å². The molecule has 0 radical (unpaired) electrons. The average molecular weight is 1740 g/mol. The number of nitrogens with one attached hydrogen (secondary N) is 3. The molecule has 2 unspecified atom stereocenters. The molecule has 3 aliphatic heterocycles. The topological polar surface area (TPSA) is 362 Å². The molecule has 3 aromatic heterocycles. The molecule has 12 rings (SSSR count). The number of hydrogen-bond donors (Lipinski definition) is 6. The molecule has 6 N–H and O–H groups in total. The number of benzene rings is 6. The summed E-state index contributed by atoms with van der Waals surface area (Å²) in [4.78, 5) is 57.1. The van der Waals surface area contributed by atoms with Crippen LogP contribution < -0.4 is 43.1 Å². The van der Waals surface area contributed by atoms with Gasteiger partial charge in [0, 0.05) is 22.3 Å². The molecule has 9 aromatic rings. The van der Waals surface area contributed by atoms with Crippen molar-refractivity contribution in [1.82, 2.24) is 15.0 Å². The van der Waals surface area contributed by atoms with Crippen LogP contribution in [-0.4, -0.2) is 112 Å². The van der Waals surface area contributed by atoms with Gasteiger partial charge in [-0.1, -0.05) is 30.3 Å². The molecule has 27 nitrogen and oxygen atoms in total. The number of esters is 2. The van der Waals surface area contributed by atoms with Gasteiger partial charge < -0.3 is 55.0 Å². The van der Waals surface area contributed by atoms with Gasteiger partial charge in [0.2, 0.25) is 0 Å². The normalized spacial score (nSPS) is 14.1. The summed E-state index contributed by atoms with van der Waals surface area (Å²) in [5, 5.41) is 37.4. The van der Waals surface area contributed by atoms with Gasteiger partial charge in [-0.05, 0) is 158 Å². The Morgan fingerprint density at radius 2 is 0.703 bits per heavy atom. The molecule has 6 aromatic carbocycles. The first-order valence-corrected chi connectivity index (χ1v) is 37.1. The monoisotopic (exact) mass is 1740 g/mol. The van der Waals surface area contributed by atoms with E-state index in [4.69, 9.17) is 9.84 Å². The third-order valence-electron chi connectivity index (χ3n) is 16.4. The summed E-state index contributed by atoms with van der Waals surface area (Å²) >= 11 is 0. The number of ketones is 1. The van der Waals surface area contributed by atoms with E-state index in [9.17, 15) is 134 Å². The fourth-order valence-electron chi connectivity index (χ4n) is 11.1. The van der Waals surface area contributed by atoms with Crippen LogP contribution in [0.5, 0.6) is 17.2 Å². The standard InChI is InChI=1S/C24H19F6N3O6S.C24H17F6N3O6S.C22H15F6N3O6S/c2*1-2-38-22(35)20(34)13-3-9-17-18(11-13)33(12-14-4-10-19(23(25,26)27)32-21(14)31-17)40(36,37)16-7-5-15(6-8-16)39-24(28,29)30;23-21(24,25)17-8-2-12-10-31(38(35,36)14-5-3-13(4-6-14)37-22(26,27)28)16-9-11(18(32)20(33)34)1-7-15(16)29-19(12)30-17/h3-11,20,34H,2,12H2,1H3,(H,31,32);3-11H,2,12H2,1H3,(H,31,32);1-9,18,32H,10H2,(H,29,30)(H,33,34). The smallest absolute Gasteiger partial charge is 0.479 e. The zero-order valence-corrected chi connectivity index (χ0v) is 61.4. The van der Waals surface area contributed by atoms with Crippen LogP contribution in [0.25, 0.3) is 0 Å². The lowest BCUT2D eigenvalue weighted by atomic mass is 10.1. The van der Waals surface area contributed by atoms with Gasteiger partial charge in [-0.3, -0.25) is 17.7 Å². The Hall–Kier alpha value is -12.4. The molecule has 6 heterocycles. The zero-order valence-electron chi connectivity index (χ0n) is 59.0. The van der Waals surface area contributed by atoms with Crippen LogP contribution in [0.3, 0.4) is 0 Å². The zero-order chi connectivity index (χ0) is 87.0. The van der Waals surface area contributed by atoms with E-state index >= 15 is 0 Å². The maximum absolute atomic E-state index is 13.7. The molecule has 0 saturated heterocycles. The van der Waals surface area contributed by atoms with Crippen LogP contribution in [0.1, 0.15) is 81.3 Å². The minimum absolute atomic E-state index is 0.00284. The van der Waals surface area contributed by atoms with Gasteiger partial charge in [-0.2, -0.15) is 39.5 Å². The van der Waals surface area contributed by atoms with Crippen molar-refractivity contribution in [1.29, 1.82) is 0 Å². The number of anilines is 9. The predicted octanol–water partition coefficient (Wildman–Crippen LogP) is 14.8. The highest BCUT2D eigenvalue weighted by Gasteiger charge is 2.42. The molecule has 0 aliphatic carbocycles. The second kappa shape index (κ2) is 33.3. The van der Waals surface area contributed by atoms with E-state index in [-0.39, 0.29) is 98.2 Å². The Bertz CT molecular complexity index is 5690. The molecule has 3 aliphatic rings. The Balaban J connectivity index is 0.000000186. The van der Waals surface area contributed by atoms with Crippen LogP contribution in [0, 0.1) is 0 Å². The Morgan fingerprint density at radius 3 is 0.992 bits per heavy atom. The Labute approximate surface area is 651 Å². The summed E-state index contributed by atoms with van der Waals surface area (Å²) < 4.78 is 337. The lowest BCUT2D eigenvalue weighted by molar-refractivity contribution is -0.275. The van der Waals surface area contributed by atoms with Crippen LogP contribution in [0.15, 0.2) is 178 Å². The van der Waals surface area contributed by atoms with Crippen molar-refractivity contribution in [3.8, 4) is 17.2 Å². The molecule has 2 atom stereocenters. The number of rotatable bonds is 17. The van der Waals surface area contributed by atoms with Crippen molar-refractivity contribution in [2.75, 3.05) is 42.1 Å². The van der Waals surface area contributed by atoms with E-state index in [0.717, 1.165) is 136 Å². The van der Waals surface area contributed by atoms with Crippen LogP contribution >= 0.6 is 0 Å². The second-order valence-electron chi connectivity index (χ2n) is 24.3. The maximum atomic E-state index is 13.7. The van der Waals surface area contributed by atoms with Gasteiger partial charge in [0.25, 0.3) is 35.9 Å². The summed E-state index contributed by atoms with van der Waals surface area (Å²) in [5.41, 5.74) is -5.32. The minimum Gasteiger partial charge on any atom is -0.479 e. The number of halogens is 18. The molecule has 0 spiro atoms. The highest BCUT2D eigenvalue weighted by atomic mass is 32.2. The number of sulfonamides is 3. The molecule has 0 amide bonds. The first-order valence-electron chi connectivity index (χ1n) is 32.8. The first-order chi connectivity index (χ1) is 54.8. The number of carboxylic acids is 1. The number of carboxylic acid groups (broad SMARTS) is 1. The van der Waals surface area contributed by atoms with Gasteiger partial charge in [-0.15, -0.1) is 39.5 Å². The quantitative estimate of drug-likeness (QED) is 0.0213. The highest BCUT2D eigenvalue weighted by molar-refractivity contribution is 7.93. The van der Waals surface area contributed by atoms with Crippen LogP contribution in [-0.2, 0) is 92.1 Å². The number of nitrogens with zero attached hydrogens (tertiary/aromatic N) is 6. The van der Waals surface area contributed by atoms with Crippen LogP contribution in [0.4, 0.5) is 131 Å². The van der Waals surface area contributed by atoms with Crippen molar-refractivity contribution < 1.29 is 162 Å². The number of hydrogen-bond acceptors (Lipinski definition) is 23. The summed E-state index contributed by atoms with van der Waals surface area (Å²) in [6.45, 7) is 1.03. The van der Waals surface area contributed by atoms with E-state index in [2.05, 4.69) is 49.8 Å². The van der Waals surface area contributed by atoms with Crippen molar-refractivity contribution in [3.05, 3.63) is 214 Å². The second-order valence-corrected chi connectivity index (χ2v) is 29.9. The number of alkyl halides is 18. The lowest BCUT2D eigenvalue weighted by Gasteiger charge is -2.25. The largest absolute Gasteiger partial charge is 0.573 e. The van der Waals surface area contributed by atoms with E-state index in [0.29, 0.717) is 22.5 Å². The molecule has 48 heteroatoms. The number of ether oxygens (including phenoxy) is 5. The number of aliphatic hydroxyl groups is 2. The molecule has 0 bridgehead atoms. The SMILES string of the molecule is CCOC(=O)C(=O)c1ccc2c(c1)N(S(=O)(=O)c1ccc(OC(F)(F)F)cc1)Cc1ccc(C(F)(F)F)nc1N2.CCOC(=O)C(O)c1ccc2c(c1)N(S(=O)(=O)c1ccc(OC(F)(F)F)cc1)Cc1ccc(C(F)(F)F)nc1N2.O=C(O)C(O)c1ccc2c(c1)N(S(=O)(=O)c1ccc(OC(F)(F)F)cc1)Cc1ccc(C(F)(F)F)nc1N2. The number of pyridine rings is 3. The summed E-state index contributed by atoms with van der Waals surface area (Å²) in [6.07, 6.45) is -33.4. The number of aromatic nitrogens is 3. The van der Waals surface area contributed by atoms with Crippen molar-refractivity contribution in [3.63, 3.8) is 0 Å². The predicted molar refractivity (Wildman–Crippen MR) is 372 cm³/mol. The number of fused-ring (bicyclic) bond motifs is 6. The molecular weight excluding hydrogens is 1690 g/mol. The van der Waals surface area contributed by atoms with Gasteiger partial charge in [0.15, 0.2) is 12.2 Å². The van der Waals surface area contributed by atoms with E-state index in [1.165, 1.54) is 32.0 Å². The maximum Gasteiger partial charge on any atom is 0.573 e. The number of aliphatic hydroxyl groups excluding tert-OH is 2. The third kappa shape index (κ3) is 20.5. The fraction of sp³-hybridized carbons (Fsp3) is 0.214. The molecule has 118 heavy (non-hydrogen) atoms. The molecule has 0 saturated carbocycles. The van der Waals surface area contributed by atoms with Crippen LogP contribution in [0.2, 0.25) is 0 Å². The van der Waals surface area contributed by atoms with E-state index in [1.807, 2.05) is 0 Å². The number of carbonyl (C=O) groups excluding carboxylic acids is 3. The fourth-order valence-corrected chi connectivity index (χ4v) is 15.4. The van der Waals surface area contributed by atoms with Gasteiger partial charge >= 0.3 is 55.5 Å². The third-order valence-corrected chi connectivity index (χ3v) is 21.7. The minimum atomic E-state index is -5.02. The van der Waals surface area contributed by atoms with Gasteiger partial charge in [0.1, 0.15) is 51.8 Å². The molecule has 0 fully saturated rings. The lowest BCUT2D eigenvalue weighted by Crippen LogP contribution is -2.30. The Morgan fingerprint density at radius 1 is 0.407 bits per heavy atom. The van der Waals surface area contributed by atoms with Crippen molar-refractivity contribution >= 4 is 105 Å². The molecular formula is C70H51F18N9O18S3. The summed E-state index contributed by atoms with van der Waals surface area (Å²) in [7, 11) is -13.9. The van der Waals surface area contributed by atoms with E-state index < -0.39 is 172 Å². The average Bonchev–Trinajstić information content (AvgIpc) is 1.58. The van der Waals surface area contributed by atoms with Gasteiger partial charge in [-0.25, -0.2) is 54.6 Å². The molecule has 628 valence electrons. The number of carbonyl (C=O) groups is 4. The summed E-state index contributed by atoms with van der Waals surface area (Å²) in [5.74, 6) is -8.06. The van der Waals surface area contributed by atoms with E-state index in [1.54, 1.807) is 0 Å².